The minimum Gasteiger partial charge on any atom is -0.393 e. The van der Waals surface area contributed by atoms with Crippen LogP contribution in [0.3, 0.4) is 0 Å². The van der Waals surface area contributed by atoms with Crippen LogP contribution in [0.1, 0.15) is 79.6 Å². The number of nitrogens with two attached hydrogens (primary N) is 1. The van der Waals surface area contributed by atoms with Gasteiger partial charge < -0.3 is 20.8 Å². The van der Waals surface area contributed by atoms with Crippen LogP contribution < -0.4 is 5.73 Å². The van der Waals surface area contributed by atoms with E-state index in [0.29, 0.717) is 42.6 Å². The summed E-state index contributed by atoms with van der Waals surface area (Å²) in [6, 6.07) is 8.69. The number of amides is 2. The fourth-order valence-electron chi connectivity index (χ4n) is 6.36. The largest absolute Gasteiger partial charge is 0.393 e. The Kier molecular flexibility index (Phi) is 8.04. The van der Waals surface area contributed by atoms with Crippen LogP contribution >= 0.6 is 0 Å². The highest BCUT2D eigenvalue weighted by Gasteiger charge is 2.41. The molecule has 1 aliphatic carbocycles. The number of carbonyl (C=O) groups is 2. The summed E-state index contributed by atoms with van der Waals surface area (Å²) in [4.78, 5) is 28.7. The van der Waals surface area contributed by atoms with Crippen LogP contribution in [-0.2, 0) is 4.79 Å². The first kappa shape index (κ1) is 24.2. The first-order valence-corrected chi connectivity index (χ1v) is 12.7. The zero-order valence-electron chi connectivity index (χ0n) is 19.6. The van der Waals surface area contributed by atoms with Crippen molar-refractivity contribution in [3.05, 3.63) is 35.4 Å². The number of aliphatic hydroxyl groups excluding tert-OH is 2. The standard InChI is InChI=1S/C26H39N3O4/c27-25(32)20-8-4-7-19(13-20)21-14-22-9-10-23(15-21)29(22)12-11-28(26(33)24(31)17-30)16-18-5-2-1-3-6-18/h4,7-8,13,18,21-24,30-31H,1-3,5-6,9-12,14-17H2,(H2,27,32)/t21?,22-,23+,24?. The third-order valence-corrected chi connectivity index (χ3v) is 8.13. The van der Waals surface area contributed by atoms with Gasteiger partial charge in [-0.25, -0.2) is 0 Å². The molecule has 2 saturated heterocycles. The number of piperidine rings is 1. The highest BCUT2D eigenvalue weighted by atomic mass is 16.3. The number of benzene rings is 1. The number of hydrogen-bond acceptors (Lipinski definition) is 5. The molecule has 1 aromatic rings. The van der Waals surface area contributed by atoms with Gasteiger partial charge in [0.15, 0.2) is 6.10 Å². The Bertz CT molecular complexity index is 812. The maximum atomic E-state index is 12.8. The van der Waals surface area contributed by atoms with Gasteiger partial charge in [-0.05, 0) is 68.1 Å². The highest BCUT2D eigenvalue weighted by molar-refractivity contribution is 5.92. The second kappa shape index (κ2) is 11.0. The lowest BCUT2D eigenvalue weighted by atomic mass is 9.84. The molecule has 0 radical (unpaired) electrons. The van der Waals surface area contributed by atoms with E-state index in [1.54, 1.807) is 11.0 Å². The molecule has 3 aliphatic rings. The fourth-order valence-corrected chi connectivity index (χ4v) is 6.36. The molecule has 33 heavy (non-hydrogen) atoms. The van der Waals surface area contributed by atoms with Crippen molar-refractivity contribution in [3.8, 4) is 0 Å². The Morgan fingerprint density at radius 2 is 1.79 bits per heavy atom. The lowest BCUT2D eigenvalue weighted by molar-refractivity contribution is -0.143. The molecule has 0 aromatic heterocycles. The Morgan fingerprint density at radius 3 is 2.42 bits per heavy atom. The van der Waals surface area contributed by atoms with Crippen molar-refractivity contribution < 1.29 is 19.8 Å². The molecule has 1 aromatic carbocycles. The summed E-state index contributed by atoms with van der Waals surface area (Å²) in [6.07, 6.45) is 9.06. The number of nitrogens with zero attached hydrogens (tertiary/aromatic N) is 2. The summed E-state index contributed by atoms with van der Waals surface area (Å²) in [5, 5.41) is 19.3. The second-order valence-corrected chi connectivity index (χ2v) is 10.3. The predicted octanol–water partition coefficient (Wildman–Crippen LogP) is 2.26. The lowest BCUT2D eigenvalue weighted by Gasteiger charge is -2.40. The molecule has 0 spiro atoms. The number of fused-ring (bicyclic) bond motifs is 2. The number of carbonyl (C=O) groups excluding carboxylic acids is 2. The molecule has 2 heterocycles. The van der Waals surface area contributed by atoms with E-state index in [9.17, 15) is 19.8 Å². The summed E-state index contributed by atoms with van der Waals surface area (Å²) >= 11 is 0. The van der Waals surface area contributed by atoms with E-state index in [-0.39, 0.29) is 11.8 Å². The number of hydrogen-bond donors (Lipinski definition) is 3. The maximum absolute atomic E-state index is 12.8. The van der Waals surface area contributed by atoms with Crippen LogP contribution in [0.5, 0.6) is 0 Å². The molecule has 2 bridgehead atoms. The molecule has 4 rings (SSSR count). The SMILES string of the molecule is NC(=O)c1cccc(C2C[C@H]3CC[C@@H](C2)N3CCN(CC2CCCCC2)C(=O)C(O)CO)c1. The van der Waals surface area contributed by atoms with Crippen LogP contribution in [0.4, 0.5) is 0 Å². The van der Waals surface area contributed by atoms with Crippen molar-refractivity contribution in [1.82, 2.24) is 9.80 Å². The predicted molar refractivity (Wildman–Crippen MR) is 127 cm³/mol. The van der Waals surface area contributed by atoms with Gasteiger partial charge in [-0.2, -0.15) is 0 Å². The first-order valence-electron chi connectivity index (χ1n) is 12.7. The van der Waals surface area contributed by atoms with Crippen molar-refractivity contribution in [2.75, 3.05) is 26.2 Å². The van der Waals surface area contributed by atoms with Gasteiger partial charge in [0, 0.05) is 37.3 Å². The zero-order chi connectivity index (χ0) is 23.4. The van der Waals surface area contributed by atoms with Crippen LogP contribution in [-0.4, -0.2) is 76.3 Å². The van der Waals surface area contributed by atoms with E-state index in [4.69, 9.17) is 5.73 Å². The van der Waals surface area contributed by atoms with Crippen molar-refractivity contribution in [2.24, 2.45) is 11.7 Å². The Hall–Kier alpha value is -1.96. The van der Waals surface area contributed by atoms with Gasteiger partial charge in [0.2, 0.25) is 5.91 Å². The van der Waals surface area contributed by atoms with E-state index >= 15 is 0 Å². The van der Waals surface area contributed by atoms with Gasteiger partial charge in [0.1, 0.15) is 0 Å². The van der Waals surface area contributed by atoms with Gasteiger partial charge >= 0.3 is 0 Å². The smallest absolute Gasteiger partial charge is 0.253 e. The molecule has 4 atom stereocenters. The molecule has 2 unspecified atom stereocenters. The van der Waals surface area contributed by atoms with Crippen LogP contribution in [0.25, 0.3) is 0 Å². The average molecular weight is 458 g/mol. The van der Waals surface area contributed by atoms with E-state index in [0.717, 1.165) is 45.1 Å². The minimum atomic E-state index is -1.33. The normalized spacial score (nSPS) is 26.8. The summed E-state index contributed by atoms with van der Waals surface area (Å²) in [5.41, 5.74) is 7.25. The third-order valence-electron chi connectivity index (χ3n) is 8.13. The number of primary amides is 1. The van der Waals surface area contributed by atoms with Crippen molar-refractivity contribution in [3.63, 3.8) is 0 Å². The van der Waals surface area contributed by atoms with Gasteiger partial charge in [0.05, 0.1) is 6.61 Å². The average Bonchev–Trinajstić information content (AvgIpc) is 3.07. The molecule has 7 nitrogen and oxygen atoms in total. The number of aliphatic hydroxyl groups is 2. The molecule has 1 saturated carbocycles. The Labute approximate surface area is 196 Å². The van der Waals surface area contributed by atoms with Crippen molar-refractivity contribution in [1.29, 1.82) is 0 Å². The van der Waals surface area contributed by atoms with Crippen LogP contribution in [0.15, 0.2) is 24.3 Å². The third kappa shape index (κ3) is 5.76. The van der Waals surface area contributed by atoms with E-state index < -0.39 is 12.7 Å². The molecule has 182 valence electrons. The summed E-state index contributed by atoms with van der Waals surface area (Å²) < 4.78 is 0. The highest BCUT2D eigenvalue weighted by Crippen LogP contribution is 2.43. The molecule has 2 aliphatic heterocycles. The summed E-state index contributed by atoms with van der Waals surface area (Å²) in [6.45, 7) is 1.56. The second-order valence-electron chi connectivity index (χ2n) is 10.3. The van der Waals surface area contributed by atoms with Gasteiger partial charge in [-0.3, -0.25) is 14.5 Å². The first-order chi connectivity index (χ1) is 16.0. The molecular formula is C26H39N3O4. The van der Waals surface area contributed by atoms with Gasteiger partial charge in [0.25, 0.3) is 5.91 Å². The minimum absolute atomic E-state index is 0.339. The van der Waals surface area contributed by atoms with Crippen LogP contribution in [0.2, 0.25) is 0 Å². The lowest BCUT2D eigenvalue weighted by Crippen LogP contribution is -2.50. The Morgan fingerprint density at radius 1 is 1.09 bits per heavy atom. The van der Waals surface area contributed by atoms with Crippen molar-refractivity contribution >= 4 is 11.8 Å². The maximum Gasteiger partial charge on any atom is 0.253 e. The topological polar surface area (TPSA) is 107 Å². The number of rotatable bonds is 9. The monoisotopic (exact) mass is 457 g/mol. The molecule has 7 heteroatoms. The van der Waals surface area contributed by atoms with Crippen molar-refractivity contribution in [2.45, 2.75) is 81.9 Å². The molecular weight excluding hydrogens is 418 g/mol. The quantitative estimate of drug-likeness (QED) is 0.527. The summed E-state index contributed by atoms with van der Waals surface area (Å²) in [5.74, 6) is 0.196. The zero-order valence-corrected chi connectivity index (χ0v) is 19.6. The van der Waals surface area contributed by atoms with Crippen LogP contribution in [0, 0.1) is 5.92 Å². The fraction of sp³-hybridized carbons (Fsp3) is 0.692. The molecule has 4 N–H and O–H groups in total. The van der Waals surface area contributed by atoms with E-state index in [1.165, 1.54) is 24.8 Å². The van der Waals surface area contributed by atoms with Gasteiger partial charge in [-0.1, -0.05) is 31.4 Å². The molecule has 3 fully saturated rings. The van der Waals surface area contributed by atoms with E-state index in [2.05, 4.69) is 11.0 Å². The van der Waals surface area contributed by atoms with E-state index in [1.807, 2.05) is 12.1 Å². The van der Waals surface area contributed by atoms with Gasteiger partial charge in [-0.15, -0.1) is 0 Å². The summed E-state index contributed by atoms with van der Waals surface area (Å²) in [7, 11) is 0. The molecule has 2 amide bonds. The Balaban J connectivity index is 1.38.